The Bertz CT molecular complexity index is 812. The molecule has 1 aromatic heterocycles. The number of halogens is 3. The highest BCUT2D eigenvalue weighted by Crippen LogP contribution is 2.31. The number of alkyl halides is 3. The molecular formula is C19H20F3N3O3. The number of ether oxygens (including phenoxy) is 2. The molecule has 28 heavy (non-hydrogen) atoms. The highest BCUT2D eigenvalue weighted by atomic mass is 19.4. The molecule has 1 aromatic carbocycles. The number of carbonyl (C=O) groups excluding carboxylic acids is 1. The molecular weight excluding hydrogens is 375 g/mol. The summed E-state index contributed by atoms with van der Waals surface area (Å²) in [5.41, 5.74) is -0.196. The van der Waals surface area contributed by atoms with E-state index in [1.165, 1.54) is 0 Å². The van der Waals surface area contributed by atoms with Gasteiger partial charge in [0.05, 0.1) is 18.7 Å². The quantitative estimate of drug-likeness (QED) is 0.825. The molecule has 6 nitrogen and oxygen atoms in total. The maximum Gasteiger partial charge on any atom is 0.416 e. The van der Waals surface area contributed by atoms with Gasteiger partial charge in [0.15, 0.2) is 0 Å². The molecule has 9 heteroatoms. The van der Waals surface area contributed by atoms with Crippen LogP contribution in [-0.4, -0.2) is 41.7 Å². The van der Waals surface area contributed by atoms with Crippen molar-refractivity contribution in [1.29, 1.82) is 0 Å². The Kier molecular flexibility index (Phi) is 5.91. The summed E-state index contributed by atoms with van der Waals surface area (Å²) < 4.78 is 49.2. The molecule has 2 amide bonds. The van der Waals surface area contributed by atoms with Crippen molar-refractivity contribution in [2.24, 2.45) is 0 Å². The number of carbonyl (C=O) groups is 1. The van der Waals surface area contributed by atoms with Gasteiger partial charge in [0.25, 0.3) is 0 Å². The zero-order valence-corrected chi connectivity index (χ0v) is 15.2. The van der Waals surface area contributed by atoms with Crippen molar-refractivity contribution < 1.29 is 27.4 Å². The summed E-state index contributed by atoms with van der Waals surface area (Å²) in [4.78, 5) is 17.7. The molecule has 2 heterocycles. The molecule has 1 unspecified atom stereocenters. The Balaban J connectivity index is 1.54. The van der Waals surface area contributed by atoms with Crippen molar-refractivity contribution >= 4 is 11.7 Å². The molecule has 2 aromatic rings. The first-order valence-corrected chi connectivity index (χ1v) is 8.84. The first kappa shape index (κ1) is 19.8. The summed E-state index contributed by atoms with van der Waals surface area (Å²) in [7, 11) is 0. The SMILES string of the molecule is CCOc1ccc(NC(=O)N2CCC(Oc3cc(C(F)(F)F)ccn3)C2)cc1. The van der Waals surface area contributed by atoms with E-state index in [4.69, 9.17) is 9.47 Å². The molecule has 1 fully saturated rings. The van der Waals surface area contributed by atoms with Crippen LogP contribution in [0.2, 0.25) is 0 Å². The smallest absolute Gasteiger partial charge is 0.416 e. The molecule has 3 rings (SSSR count). The van der Waals surface area contributed by atoms with Crippen molar-refractivity contribution in [1.82, 2.24) is 9.88 Å². The number of nitrogens with zero attached hydrogens (tertiary/aromatic N) is 2. The standard InChI is InChI=1S/C19H20F3N3O3/c1-2-27-15-5-3-14(4-6-15)24-18(26)25-10-8-16(12-25)28-17-11-13(7-9-23-17)19(20,21)22/h3-7,9,11,16H,2,8,10,12H2,1H3,(H,24,26). The molecule has 0 aliphatic carbocycles. The Labute approximate surface area is 160 Å². The number of hydrogen-bond acceptors (Lipinski definition) is 4. The molecule has 1 N–H and O–H groups in total. The van der Waals surface area contributed by atoms with Crippen LogP contribution in [0.3, 0.4) is 0 Å². The van der Waals surface area contributed by atoms with Crippen molar-refractivity contribution in [2.75, 3.05) is 25.0 Å². The number of likely N-dealkylation sites (tertiary alicyclic amines) is 1. The van der Waals surface area contributed by atoms with Crippen molar-refractivity contribution in [3.05, 3.63) is 48.2 Å². The maximum absolute atomic E-state index is 12.8. The van der Waals surface area contributed by atoms with Crippen LogP contribution in [0.5, 0.6) is 11.6 Å². The highest BCUT2D eigenvalue weighted by molar-refractivity contribution is 5.89. The van der Waals surface area contributed by atoms with Crippen LogP contribution in [0.4, 0.5) is 23.7 Å². The third-order valence-corrected chi connectivity index (χ3v) is 4.20. The number of urea groups is 1. The lowest BCUT2D eigenvalue weighted by Crippen LogP contribution is -2.34. The van der Waals surface area contributed by atoms with E-state index in [0.717, 1.165) is 18.3 Å². The Hall–Kier alpha value is -2.97. The molecule has 1 aliphatic heterocycles. The molecule has 1 aliphatic rings. The summed E-state index contributed by atoms with van der Waals surface area (Å²) in [5.74, 6) is 0.609. The predicted molar refractivity (Wildman–Crippen MR) is 96.5 cm³/mol. The molecule has 0 radical (unpaired) electrons. The van der Waals surface area contributed by atoms with Gasteiger partial charge in [0.2, 0.25) is 5.88 Å². The minimum atomic E-state index is -4.46. The number of anilines is 1. The predicted octanol–water partition coefficient (Wildman–Crippen LogP) is 4.18. The summed E-state index contributed by atoms with van der Waals surface area (Å²) in [6, 6.07) is 8.44. The summed E-state index contributed by atoms with van der Waals surface area (Å²) in [5, 5.41) is 2.78. The number of amides is 2. The Morgan fingerprint density at radius 2 is 2.04 bits per heavy atom. The van der Waals surface area contributed by atoms with Crippen molar-refractivity contribution in [2.45, 2.75) is 25.6 Å². The average Bonchev–Trinajstić information content (AvgIpc) is 3.12. The maximum atomic E-state index is 12.8. The van der Waals surface area contributed by atoms with Crippen LogP contribution in [0.1, 0.15) is 18.9 Å². The Morgan fingerprint density at radius 1 is 1.29 bits per heavy atom. The zero-order chi connectivity index (χ0) is 20.1. The second kappa shape index (κ2) is 8.37. The molecule has 0 spiro atoms. The number of rotatable bonds is 5. The van der Waals surface area contributed by atoms with Gasteiger partial charge in [-0.1, -0.05) is 0 Å². The monoisotopic (exact) mass is 395 g/mol. The molecule has 0 bridgehead atoms. The largest absolute Gasteiger partial charge is 0.494 e. The fourth-order valence-corrected chi connectivity index (χ4v) is 2.83. The number of aromatic nitrogens is 1. The second-order valence-corrected chi connectivity index (χ2v) is 6.24. The van der Waals surface area contributed by atoms with E-state index >= 15 is 0 Å². The number of benzene rings is 1. The van der Waals surface area contributed by atoms with Gasteiger partial charge in [0, 0.05) is 30.9 Å². The zero-order valence-electron chi connectivity index (χ0n) is 15.2. The van der Waals surface area contributed by atoms with E-state index in [9.17, 15) is 18.0 Å². The summed E-state index contributed by atoms with van der Waals surface area (Å²) in [6.45, 7) is 3.14. The van der Waals surface area contributed by atoms with Crippen LogP contribution in [0.15, 0.2) is 42.6 Å². The van der Waals surface area contributed by atoms with Gasteiger partial charge in [-0.15, -0.1) is 0 Å². The second-order valence-electron chi connectivity index (χ2n) is 6.24. The molecule has 0 saturated carbocycles. The van der Waals surface area contributed by atoms with Crippen molar-refractivity contribution in [3.8, 4) is 11.6 Å². The van der Waals surface area contributed by atoms with E-state index in [0.29, 0.717) is 31.0 Å². The lowest BCUT2D eigenvalue weighted by atomic mass is 10.2. The van der Waals surface area contributed by atoms with E-state index in [2.05, 4.69) is 10.3 Å². The van der Waals surface area contributed by atoms with Crippen LogP contribution in [-0.2, 0) is 6.18 Å². The minimum Gasteiger partial charge on any atom is -0.494 e. The van der Waals surface area contributed by atoms with Gasteiger partial charge in [0.1, 0.15) is 11.9 Å². The van der Waals surface area contributed by atoms with Gasteiger partial charge in [-0.05, 0) is 37.3 Å². The molecule has 150 valence electrons. The van der Waals surface area contributed by atoms with Crippen LogP contribution in [0, 0.1) is 0 Å². The van der Waals surface area contributed by atoms with Gasteiger partial charge in [-0.2, -0.15) is 13.2 Å². The van der Waals surface area contributed by atoms with Crippen LogP contribution >= 0.6 is 0 Å². The first-order valence-electron chi connectivity index (χ1n) is 8.84. The van der Waals surface area contributed by atoms with Gasteiger partial charge in [-0.3, -0.25) is 0 Å². The number of pyridine rings is 1. The van der Waals surface area contributed by atoms with Gasteiger partial charge in [-0.25, -0.2) is 9.78 Å². The fourth-order valence-electron chi connectivity index (χ4n) is 2.83. The summed E-state index contributed by atoms with van der Waals surface area (Å²) >= 11 is 0. The molecule has 1 saturated heterocycles. The minimum absolute atomic E-state index is 0.103. The fraction of sp³-hybridized carbons (Fsp3) is 0.368. The van der Waals surface area contributed by atoms with Gasteiger partial charge < -0.3 is 19.7 Å². The first-order chi connectivity index (χ1) is 13.3. The van der Waals surface area contributed by atoms with E-state index in [1.807, 2.05) is 6.92 Å². The van der Waals surface area contributed by atoms with Crippen LogP contribution < -0.4 is 14.8 Å². The lowest BCUT2D eigenvalue weighted by molar-refractivity contribution is -0.137. The third kappa shape index (κ3) is 5.05. The van der Waals surface area contributed by atoms with Gasteiger partial charge >= 0.3 is 12.2 Å². The van der Waals surface area contributed by atoms with Crippen molar-refractivity contribution in [3.63, 3.8) is 0 Å². The van der Waals surface area contributed by atoms with E-state index in [-0.39, 0.29) is 18.5 Å². The normalized spacial score (nSPS) is 16.7. The lowest BCUT2D eigenvalue weighted by Gasteiger charge is -2.18. The topological polar surface area (TPSA) is 63.7 Å². The third-order valence-electron chi connectivity index (χ3n) is 4.20. The van der Waals surface area contributed by atoms with E-state index in [1.54, 1.807) is 29.2 Å². The highest BCUT2D eigenvalue weighted by Gasteiger charge is 2.32. The molecule has 1 atom stereocenters. The number of nitrogens with one attached hydrogen (secondary N) is 1. The van der Waals surface area contributed by atoms with E-state index < -0.39 is 17.8 Å². The van der Waals surface area contributed by atoms with Crippen LogP contribution in [0.25, 0.3) is 0 Å². The average molecular weight is 395 g/mol. The Morgan fingerprint density at radius 3 is 2.71 bits per heavy atom. The number of hydrogen-bond donors (Lipinski definition) is 1. The summed E-state index contributed by atoms with van der Waals surface area (Å²) in [6.07, 6.45) is -3.31.